The van der Waals surface area contributed by atoms with Gasteiger partial charge < -0.3 is 19.3 Å². The van der Waals surface area contributed by atoms with Crippen LogP contribution in [0.5, 0.6) is 5.75 Å². The third-order valence-electron chi connectivity index (χ3n) is 8.09. The van der Waals surface area contributed by atoms with Crippen LogP contribution in [0.1, 0.15) is 45.5 Å². The largest absolute Gasteiger partial charge is 0.489 e. The Morgan fingerprint density at radius 1 is 0.977 bits per heavy atom. The number of aliphatic hydroxyl groups is 1. The molecule has 0 saturated carbocycles. The number of hydrogen-bond donors (Lipinski definition) is 2. The average Bonchev–Trinajstić information content (AvgIpc) is 3.36. The monoisotopic (exact) mass is 592 g/mol. The quantitative estimate of drug-likeness (QED) is 0.275. The third kappa shape index (κ3) is 6.25. The first-order chi connectivity index (χ1) is 21.3. The van der Waals surface area contributed by atoms with Crippen molar-refractivity contribution < 1.29 is 19.2 Å². The fraction of sp³-hybridized carbons (Fsp3) is 0.235. The second-order valence-corrected chi connectivity index (χ2v) is 11.1. The van der Waals surface area contributed by atoms with Crippen LogP contribution in [0.3, 0.4) is 0 Å². The van der Waals surface area contributed by atoms with E-state index >= 15 is 0 Å². The molecule has 0 atom stereocenters. The maximum atomic E-state index is 13.3. The number of amides is 1. The van der Waals surface area contributed by atoms with E-state index in [1.54, 1.807) is 24.5 Å². The smallest absolute Gasteiger partial charge is 0.440 e. The Balaban J connectivity index is 1.07. The molecule has 2 aromatic heterocycles. The molecule has 1 amide bonds. The van der Waals surface area contributed by atoms with Gasteiger partial charge in [0, 0.05) is 31.0 Å². The van der Waals surface area contributed by atoms with Gasteiger partial charge in [-0.25, -0.2) is 14.6 Å². The highest BCUT2D eigenvalue weighted by molar-refractivity contribution is 5.95. The summed E-state index contributed by atoms with van der Waals surface area (Å²) < 4.78 is 11.8. The van der Waals surface area contributed by atoms with Gasteiger partial charge in [0.25, 0.3) is 5.91 Å². The molecular weight excluding hydrogens is 560 g/mol. The highest BCUT2D eigenvalue weighted by Gasteiger charge is 2.35. The third-order valence-corrected chi connectivity index (χ3v) is 8.09. The summed E-state index contributed by atoms with van der Waals surface area (Å²) in [5.74, 6) is -0.154. The van der Waals surface area contributed by atoms with Crippen molar-refractivity contribution >= 4 is 5.91 Å². The van der Waals surface area contributed by atoms with Crippen molar-refractivity contribution in [3.05, 3.63) is 140 Å². The molecule has 0 unspecified atom stereocenters. The van der Waals surface area contributed by atoms with Crippen molar-refractivity contribution in [2.24, 2.45) is 0 Å². The lowest BCUT2D eigenvalue weighted by atomic mass is 9.85. The number of benzene rings is 3. The van der Waals surface area contributed by atoms with E-state index in [1.807, 2.05) is 72.5 Å². The molecule has 0 bridgehead atoms. The van der Waals surface area contributed by atoms with E-state index in [0.717, 1.165) is 38.1 Å². The lowest BCUT2D eigenvalue weighted by molar-refractivity contribution is -0.0212. The van der Waals surface area contributed by atoms with E-state index in [0.29, 0.717) is 43.9 Å². The highest BCUT2D eigenvalue weighted by atomic mass is 16.5. The van der Waals surface area contributed by atoms with Crippen LogP contribution in [-0.2, 0) is 18.8 Å². The average molecular weight is 593 g/mol. The summed E-state index contributed by atoms with van der Waals surface area (Å²) in [5, 5.41) is 11.1. The summed E-state index contributed by atoms with van der Waals surface area (Å²) in [4.78, 5) is 44.1. The van der Waals surface area contributed by atoms with Gasteiger partial charge in [0.05, 0.1) is 12.1 Å². The van der Waals surface area contributed by atoms with Crippen molar-refractivity contribution in [1.82, 2.24) is 19.6 Å². The van der Waals surface area contributed by atoms with Crippen LogP contribution >= 0.6 is 0 Å². The van der Waals surface area contributed by atoms with Crippen LogP contribution in [0.2, 0.25) is 0 Å². The molecule has 0 spiro atoms. The van der Waals surface area contributed by atoms with E-state index in [1.165, 1.54) is 0 Å². The zero-order valence-electron chi connectivity index (χ0n) is 24.2. The number of aromatic amines is 1. The Morgan fingerprint density at radius 2 is 1.73 bits per heavy atom. The molecule has 6 rings (SSSR count). The summed E-state index contributed by atoms with van der Waals surface area (Å²) in [7, 11) is 0. The number of hydrogen-bond acceptors (Lipinski definition) is 7. The SMILES string of the molecule is Cc1cc(C(=O)N2CCC(O)(c3ccncc3)CC2)ccc1-c1cccc(COc2ccc(Cn3oc(=O)[nH]c3=O)cc2)c1. The van der Waals surface area contributed by atoms with Crippen molar-refractivity contribution in [3.63, 3.8) is 0 Å². The van der Waals surface area contributed by atoms with E-state index in [9.17, 15) is 19.5 Å². The topological polar surface area (TPSA) is 131 Å². The normalized spacial score (nSPS) is 14.4. The first kappa shape index (κ1) is 28.9. The summed E-state index contributed by atoms with van der Waals surface area (Å²) in [6.07, 6.45) is 4.32. The fourth-order valence-corrected chi connectivity index (χ4v) is 5.60. The number of aromatic nitrogens is 3. The van der Waals surface area contributed by atoms with Crippen molar-refractivity contribution in [1.29, 1.82) is 0 Å². The molecule has 0 aliphatic carbocycles. The standard InChI is InChI=1S/C34H32N4O6/c1-23-19-27(31(39)37-17-13-34(42,14-18-37)28-11-15-35-16-12-28)7-10-30(23)26-4-2-3-25(20-26)22-43-29-8-5-24(6-9-29)21-38-32(40)36-33(41)44-38/h2-12,15-16,19-20,42H,13-14,17-18,21-22H2,1H3,(H,36,40,41). The van der Waals surface area contributed by atoms with Crippen molar-refractivity contribution in [2.45, 2.75) is 38.5 Å². The Kier molecular flexibility index (Phi) is 7.99. The van der Waals surface area contributed by atoms with E-state index < -0.39 is 17.0 Å². The molecule has 1 aliphatic heterocycles. The van der Waals surface area contributed by atoms with Crippen molar-refractivity contribution in [2.75, 3.05) is 13.1 Å². The zero-order chi connectivity index (χ0) is 30.7. The van der Waals surface area contributed by atoms with Crippen LogP contribution in [-0.4, -0.2) is 43.7 Å². The predicted octanol–water partition coefficient (Wildman–Crippen LogP) is 4.25. The number of rotatable bonds is 8. The molecule has 5 aromatic rings. The number of ether oxygens (including phenoxy) is 1. The van der Waals surface area contributed by atoms with Crippen LogP contribution in [0.4, 0.5) is 0 Å². The molecule has 224 valence electrons. The number of nitrogens with zero attached hydrogens (tertiary/aromatic N) is 3. The van der Waals surface area contributed by atoms with Crippen LogP contribution in [0.15, 0.2) is 105 Å². The molecule has 3 heterocycles. The molecular formula is C34H32N4O6. The van der Waals surface area contributed by atoms with Gasteiger partial charge in [-0.3, -0.25) is 9.78 Å². The zero-order valence-corrected chi connectivity index (χ0v) is 24.2. The number of piperidine rings is 1. The van der Waals surface area contributed by atoms with E-state index in [4.69, 9.17) is 9.26 Å². The molecule has 10 nitrogen and oxygen atoms in total. The highest BCUT2D eigenvalue weighted by Crippen LogP contribution is 2.33. The van der Waals surface area contributed by atoms with Gasteiger partial charge >= 0.3 is 11.4 Å². The van der Waals surface area contributed by atoms with E-state index in [2.05, 4.69) is 16.0 Å². The molecule has 3 aromatic carbocycles. The lowest BCUT2D eigenvalue weighted by Crippen LogP contribution is -2.45. The summed E-state index contributed by atoms with van der Waals surface area (Å²) >= 11 is 0. The minimum atomic E-state index is -0.942. The van der Waals surface area contributed by atoms with Gasteiger partial charge in [0.15, 0.2) is 0 Å². The molecule has 1 saturated heterocycles. The summed E-state index contributed by atoms with van der Waals surface area (Å²) in [6, 6.07) is 24.7. The lowest BCUT2D eigenvalue weighted by Gasteiger charge is -2.38. The Labute approximate surface area is 253 Å². The maximum absolute atomic E-state index is 13.3. The molecule has 44 heavy (non-hydrogen) atoms. The Bertz CT molecular complexity index is 1880. The van der Waals surface area contributed by atoms with Crippen molar-refractivity contribution in [3.8, 4) is 16.9 Å². The number of H-pyrrole nitrogens is 1. The number of likely N-dealkylation sites (tertiary alicyclic amines) is 1. The second-order valence-electron chi connectivity index (χ2n) is 11.1. The number of carbonyl (C=O) groups is 1. The van der Waals surface area contributed by atoms with Gasteiger partial charge in [-0.2, -0.15) is 0 Å². The number of aryl methyl sites for hydroxylation is 1. The molecule has 1 aliphatic rings. The molecule has 10 heteroatoms. The summed E-state index contributed by atoms with van der Waals surface area (Å²) in [5.41, 5.74) is 4.76. The van der Waals surface area contributed by atoms with E-state index in [-0.39, 0.29) is 12.5 Å². The minimum Gasteiger partial charge on any atom is -0.489 e. The van der Waals surface area contributed by atoms with Gasteiger partial charge in [-0.05, 0) is 95.6 Å². The minimum absolute atomic E-state index is 0.0330. The van der Waals surface area contributed by atoms with Gasteiger partial charge in [-0.15, -0.1) is 4.74 Å². The number of pyridine rings is 1. The Hall–Kier alpha value is -5.22. The second kappa shape index (κ2) is 12.2. The van der Waals surface area contributed by atoms with Crippen LogP contribution in [0.25, 0.3) is 11.1 Å². The van der Waals surface area contributed by atoms with Gasteiger partial charge in [0.1, 0.15) is 12.4 Å². The summed E-state index contributed by atoms with van der Waals surface area (Å²) in [6.45, 7) is 3.46. The maximum Gasteiger partial charge on any atom is 0.440 e. The van der Waals surface area contributed by atoms with Gasteiger partial charge in [0.2, 0.25) is 0 Å². The fourth-order valence-electron chi connectivity index (χ4n) is 5.60. The number of nitrogens with one attached hydrogen (secondary N) is 1. The molecule has 1 fully saturated rings. The molecule has 0 radical (unpaired) electrons. The number of carbonyl (C=O) groups excluding carboxylic acids is 1. The first-order valence-electron chi connectivity index (χ1n) is 14.4. The van der Waals surface area contributed by atoms with Gasteiger partial charge in [-0.1, -0.05) is 36.4 Å². The van der Waals surface area contributed by atoms with Crippen LogP contribution < -0.4 is 16.2 Å². The van der Waals surface area contributed by atoms with Crippen LogP contribution in [0, 0.1) is 6.92 Å². The Morgan fingerprint density at radius 3 is 2.41 bits per heavy atom. The molecule has 2 N–H and O–H groups in total. The first-order valence-corrected chi connectivity index (χ1v) is 14.4. The predicted molar refractivity (Wildman–Crippen MR) is 163 cm³/mol.